The number of Topliss-reactive ketones (excluding diaryl/α,β-unsaturated/α-hetero) is 2. The molecule has 0 amide bonds. The van der Waals surface area contributed by atoms with Crippen LogP contribution in [0.15, 0.2) is 72.0 Å². The summed E-state index contributed by atoms with van der Waals surface area (Å²) in [5, 5.41) is 12.7. The molecule has 0 spiro atoms. The van der Waals surface area contributed by atoms with E-state index < -0.39 is 8.32 Å². The summed E-state index contributed by atoms with van der Waals surface area (Å²) in [6.07, 6.45) is 1.35. The summed E-state index contributed by atoms with van der Waals surface area (Å²) in [4.78, 5) is 24.3. The van der Waals surface area contributed by atoms with Crippen molar-refractivity contribution in [3.05, 3.63) is 72.0 Å². The summed E-state index contributed by atoms with van der Waals surface area (Å²) >= 11 is 0. The summed E-state index contributed by atoms with van der Waals surface area (Å²) in [5.41, 5.74) is -0.0210. The van der Waals surface area contributed by atoms with E-state index in [0.29, 0.717) is 19.3 Å². The Morgan fingerprint density at radius 3 is 1.80 bits per heavy atom. The van der Waals surface area contributed by atoms with Gasteiger partial charge in [-0.3, -0.25) is 9.59 Å². The molecule has 0 heterocycles. The van der Waals surface area contributed by atoms with Crippen LogP contribution in [0.4, 0.5) is 0 Å². The Hall–Kier alpha value is -2.50. The molecule has 0 saturated heterocycles. The fraction of sp³-hybridized carbons (Fsp3) is 0.360. The quantitative estimate of drug-likeness (QED) is 0.330. The van der Waals surface area contributed by atoms with E-state index in [4.69, 9.17) is 4.43 Å². The van der Waals surface area contributed by atoms with Gasteiger partial charge < -0.3 is 9.53 Å². The number of aliphatic hydroxyl groups is 1. The summed E-state index contributed by atoms with van der Waals surface area (Å²) in [6.45, 7) is 6.80. The van der Waals surface area contributed by atoms with Crippen molar-refractivity contribution in [2.24, 2.45) is 0 Å². The van der Waals surface area contributed by atoms with Gasteiger partial charge in [-0.25, -0.2) is 0 Å². The predicted molar refractivity (Wildman–Crippen MR) is 122 cm³/mol. The normalized spacial score (nSPS) is 15.4. The Balaban J connectivity index is 1.96. The maximum Gasteiger partial charge on any atom is 0.261 e. The summed E-state index contributed by atoms with van der Waals surface area (Å²) < 4.78 is 6.72. The molecule has 1 fully saturated rings. The minimum atomic E-state index is -2.70. The van der Waals surface area contributed by atoms with Gasteiger partial charge in [0.2, 0.25) is 0 Å². The third kappa shape index (κ3) is 4.32. The minimum absolute atomic E-state index is 0.0210. The van der Waals surface area contributed by atoms with Crippen LogP contribution in [0.1, 0.15) is 46.5 Å². The van der Waals surface area contributed by atoms with E-state index in [2.05, 4.69) is 45.0 Å². The SMILES string of the molecule is CC(C)(C)[Si](OCCC(O)=C1C(=O)CCCC1=O)(c1ccccc1)c1ccccc1. The molecule has 4 nitrogen and oxygen atoms in total. The molecule has 1 saturated carbocycles. The Bertz CT molecular complexity index is 869. The first kappa shape index (κ1) is 22.2. The van der Waals surface area contributed by atoms with E-state index in [0.717, 1.165) is 10.4 Å². The summed E-state index contributed by atoms with van der Waals surface area (Å²) in [5.74, 6) is -0.647. The van der Waals surface area contributed by atoms with Gasteiger partial charge in [0.25, 0.3) is 8.32 Å². The lowest BCUT2D eigenvalue weighted by Crippen LogP contribution is -2.66. The number of rotatable bonds is 6. The van der Waals surface area contributed by atoms with Crippen molar-refractivity contribution in [2.45, 2.75) is 51.5 Å². The van der Waals surface area contributed by atoms with Crippen molar-refractivity contribution in [1.82, 2.24) is 0 Å². The molecule has 3 rings (SSSR count). The predicted octanol–water partition coefficient (Wildman–Crippen LogP) is 4.09. The van der Waals surface area contributed by atoms with Gasteiger partial charge in [-0.1, -0.05) is 81.4 Å². The highest BCUT2D eigenvalue weighted by Crippen LogP contribution is 2.37. The summed E-state index contributed by atoms with van der Waals surface area (Å²) in [7, 11) is -2.70. The molecule has 5 heteroatoms. The van der Waals surface area contributed by atoms with Crippen molar-refractivity contribution in [1.29, 1.82) is 0 Å². The Morgan fingerprint density at radius 2 is 1.37 bits per heavy atom. The molecule has 0 unspecified atom stereocenters. The molecule has 30 heavy (non-hydrogen) atoms. The number of ketones is 2. The first-order valence-corrected chi connectivity index (χ1v) is 12.4. The van der Waals surface area contributed by atoms with Gasteiger partial charge in [0.05, 0.1) is 5.57 Å². The zero-order valence-corrected chi connectivity index (χ0v) is 19.0. The third-order valence-electron chi connectivity index (χ3n) is 5.73. The number of carbonyl (C=O) groups excluding carboxylic acids is 2. The monoisotopic (exact) mass is 422 g/mol. The van der Waals surface area contributed by atoms with Gasteiger partial charge in [0.15, 0.2) is 11.6 Å². The van der Waals surface area contributed by atoms with Crippen molar-refractivity contribution in [2.75, 3.05) is 6.61 Å². The largest absolute Gasteiger partial charge is 0.511 e. The van der Waals surface area contributed by atoms with Gasteiger partial charge in [-0.05, 0) is 21.8 Å². The number of hydrogen-bond acceptors (Lipinski definition) is 4. The molecule has 1 aliphatic carbocycles. The molecule has 0 atom stereocenters. The lowest BCUT2D eigenvalue weighted by molar-refractivity contribution is -0.124. The molecule has 158 valence electrons. The lowest BCUT2D eigenvalue weighted by Gasteiger charge is -2.43. The molecule has 0 aromatic heterocycles. The Morgan fingerprint density at radius 1 is 0.900 bits per heavy atom. The number of hydrogen-bond donors (Lipinski definition) is 1. The smallest absolute Gasteiger partial charge is 0.261 e. The van der Waals surface area contributed by atoms with Crippen molar-refractivity contribution >= 4 is 30.3 Å². The molecular formula is C25H30O4Si. The average Bonchev–Trinajstić information content (AvgIpc) is 2.71. The molecule has 2 aromatic rings. The minimum Gasteiger partial charge on any atom is -0.511 e. The van der Waals surface area contributed by atoms with Crippen LogP contribution in [-0.4, -0.2) is 31.6 Å². The highest BCUT2D eigenvalue weighted by Gasteiger charge is 2.50. The van der Waals surface area contributed by atoms with Gasteiger partial charge >= 0.3 is 0 Å². The standard InChI is InChI=1S/C25H30O4Si/c1-25(2,3)30(19-11-6-4-7-12-19,20-13-8-5-9-14-20)29-18-17-23(28)24-21(26)15-10-16-22(24)27/h4-9,11-14,28H,10,15-18H2,1-3H3. The zero-order valence-electron chi connectivity index (χ0n) is 18.0. The number of carbonyl (C=O) groups is 2. The maximum atomic E-state index is 12.1. The van der Waals surface area contributed by atoms with E-state index >= 15 is 0 Å². The van der Waals surface area contributed by atoms with Gasteiger partial charge in [0.1, 0.15) is 5.76 Å². The van der Waals surface area contributed by atoms with E-state index in [1.165, 1.54) is 0 Å². The van der Waals surface area contributed by atoms with Crippen LogP contribution in [0.2, 0.25) is 5.04 Å². The second kappa shape index (κ2) is 9.10. The fourth-order valence-corrected chi connectivity index (χ4v) is 8.89. The maximum absolute atomic E-state index is 12.1. The summed E-state index contributed by atoms with van der Waals surface area (Å²) in [6, 6.07) is 20.5. The number of aliphatic hydroxyl groups excluding tert-OH is 1. The molecule has 0 aliphatic heterocycles. The second-order valence-corrected chi connectivity index (χ2v) is 13.1. The van der Waals surface area contributed by atoms with Crippen LogP contribution in [0.5, 0.6) is 0 Å². The zero-order chi connectivity index (χ0) is 21.8. The van der Waals surface area contributed by atoms with E-state index in [1.54, 1.807) is 0 Å². The first-order valence-electron chi connectivity index (χ1n) is 10.5. The molecular weight excluding hydrogens is 392 g/mol. The van der Waals surface area contributed by atoms with Gasteiger partial charge in [0, 0.05) is 25.9 Å². The van der Waals surface area contributed by atoms with E-state index in [1.807, 2.05) is 36.4 Å². The Kier molecular flexibility index (Phi) is 6.73. The third-order valence-corrected chi connectivity index (χ3v) is 10.8. The van der Waals surface area contributed by atoms with Crippen molar-refractivity contribution < 1.29 is 19.1 Å². The topological polar surface area (TPSA) is 63.6 Å². The van der Waals surface area contributed by atoms with Crippen LogP contribution in [0, 0.1) is 0 Å². The van der Waals surface area contributed by atoms with Crippen LogP contribution >= 0.6 is 0 Å². The van der Waals surface area contributed by atoms with Crippen LogP contribution in [0.3, 0.4) is 0 Å². The van der Waals surface area contributed by atoms with E-state index in [9.17, 15) is 14.7 Å². The van der Waals surface area contributed by atoms with Crippen LogP contribution < -0.4 is 10.4 Å². The lowest BCUT2D eigenvalue weighted by atomic mass is 9.91. The number of benzene rings is 2. The molecule has 1 N–H and O–H groups in total. The molecule has 0 bridgehead atoms. The average molecular weight is 423 g/mol. The second-order valence-electron chi connectivity index (χ2n) is 8.78. The van der Waals surface area contributed by atoms with Gasteiger partial charge in [-0.15, -0.1) is 0 Å². The number of allylic oxidation sites excluding steroid dienone is 1. The highest BCUT2D eigenvalue weighted by molar-refractivity contribution is 6.99. The van der Waals surface area contributed by atoms with Crippen molar-refractivity contribution in [3.8, 4) is 0 Å². The Labute approximate surface area is 179 Å². The first-order chi connectivity index (χ1) is 14.3. The van der Waals surface area contributed by atoms with Gasteiger partial charge in [-0.2, -0.15) is 0 Å². The highest BCUT2D eigenvalue weighted by atomic mass is 28.4. The van der Waals surface area contributed by atoms with Crippen LogP contribution in [-0.2, 0) is 14.0 Å². The molecule has 1 aliphatic rings. The van der Waals surface area contributed by atoms with Crippen LogP contribution in [0.25, 0.3) is 0 Å². The van der Waals surface area contributed by atoms with E-state index in [-0.39, 0.29) is 41.0 Å². The fourth-order valence-electron chi connectivity index (χ4n) is 4.32. The van der Waals surface area contributed by atoms with Crippen molar-refractivity contribution in [3.63, 3.8) is 0 Å². The molecule has 2 aromatic carbocycles. The molecule has 0 radical (unpaired) electrons.